The monoisotopic (exact) mass is 292 g/mol. The quantitative estimate of drug-likeness (QED) is 0.842. The summed E-state index contributed by atoms with van der Waals surface area (Å²) >= 11 is 4.80. The van der Waals surface area contributed by atoms with E-state index in [4.69, 9.17) is 18.0 Å². The predicted octanol–water partition coefficient (Wildman–Crippen LogP) is 2.83. The van der Waals surface area contributed by atoms with Crippen LogP contribution in [-0.2, 0) is 4.79 Å². The van der Waals surface area contributed by atoms with E-state index in [2.05, 4.69) is 5.32 Å². The van der Waals surface area contributed by atoms with Crippen LogP contribution in [-0.4, -0.2) is 10.9 Å². The van der Waals surface area contributed by atoms with E-state index in [9.17, 15) is 9.18 Å². The highest BCUT2D eigenvalue weighted by Gasteiger charge is 2.54. The molecule has 0 aromatic heterocycles. The number of thiocarbonyl (C=S) groups is 1. The van der Waals surface area contributed by atoms with Gasteiger partial charge in [0.15, 0.2) is 0 Å². The maximum atomic E-state index is 13.5. The number of hydrogen-bond donors (Lipinski definition) is 2. The van der Waals surface area contributed by atoms with Crippen molar-refractivity contribution in [3.63, 3.8) is 0 Å². The lowest BCUT2D eigenvalue weighted by Crippen LogP contribution is -2.17. The van der Waals surface area contributed by atoms with Gasteiger partial charge in [-0.2, -0.15) is 0 Å². The van der Waals surface area contributed by atoms with E-state index in [1.807, 2.05) is 0 Å². The molecule has 106 valence electrons. The van der Waals surface area contributed by atoms with Gasteiger partial charge in [-0.25, -0.2) is 4.39 Å². The largest absolute Gasteiger partial charge is 0.389 e. The lowest BCUT2D eigenvalue weighted by molar-refractivity contribution is -0.117. The first-order chi connectivity index (χ1) is 9.58. The molecule has 2 fully saturated rings. The molecule has 2 aliphatic rings. The van der Waals surface area contributed by atoms with E-state index in [1.165, 1.54) is 25.0 Å². The summed E-state index contributed by atoms with van der Waals surface area (Å²) in [6.45, 7) is 0. The zero-order valence-electron chi connectivity index (χ0n) is 11.1. The van der Waals surface area contributed by atoms with Crippen molar-refractivity contribution in [1.82, 2.24) is 0 Å². The normalized spacial score (nSPS) is 27.6. The summed E-state index contributed by atoms with van der Waals surface area (Å²) < 4.78 is 13.5. The SMILES string of the molecule is NC(=S)c1cc(NC(=O)C2C3CCCCC32)ccc1F. The van der Waals surface area contributed by atoms with Crippen LogP contribution in [0.15, 0.2) is 18.2 Å². The summed E-state index contributed by atoms with van der Waals surface area (Å²) in [6, 6.07) is 4.33. The fourth-order valence-electron chi connectivity index (χ4n) is 3.40. The standard InChI is InChI=1S/C15H17FN2OS/c16-12-6-5-8(7-11(12)14(17)20)18-15(19)13-9-3-1-2-4-10(9)13/h5-7,9-10,13H,1-4H2,(H2,17,20)(H,18,19). The van der Waals surface area contributed by atoms with E-state index in [1.54, 1.807) is 6.07 Å². The van der Waals surface area contributed by atoms with Crippen molar-refractivity contribution in [3.05, 3.63) is 29.6 Å². The molecule has 0 spiro atoms. The Morgan fingerprint density at radius 1 is 1.30 bits per heavy atom. The van der Waals surface area contributed by atoms with Crippen LogP contribution in [0.1, 0.15) is 31.2 Å². The summed E-state index contributed by atoms with van der Waals surface area (Å²) in [5, 5.41) is 2.86. The Balaban J connectivity index is 1.70. The highest BCUT2D eigenvalue weighted by Crippen LogP contribution is 2.55. The van der Waals surface area contributed by atoms with Gasteiger partial charge in [-0.3, -0.25) is 4.79 Å². The van der Waals surface area contributed by atoms with Gasteiger partial charge in [0, 0.05) is 17.2 Å². The summed E-state index contributed by atoms with van der Waals surface area (Å²) in [7, 11) is 0. The summed E-state index contributed by atoms with van der Waals surface area (Å²) in [5.74, 6) is 0.826. The van der Waals surface area contributed by atoms with Crippen LogP contribution in [0.3, 0.4) is 0 Å². The number of fused-ring (bicyclic) bond motifs is 1. The minimum absolute atomic E-state index is 0.00121. The van der Waals surface area contributed by atoms with E-state index in [0.717, 1.165) is 12.8 Å². The smallest absolute Gasteiger partial charge is 0.228 e. The van der Waals surface area contributed by atoms with Crippen molar-refractivity contribution in [3.8, 4) is 0 Å². The number of nitrogens with one attached hydrogen (secondary N) is 1. The van der Waals surface area contributed by atoms with Gasteiger partial charge >= 0.3 is 0 Å². The third-order valence-corrected chi connectivity index (χ3v) is 4.68. The van der Waals surface area contributed by atoms with Crippen LogP contribution in [0, 0.1) is 23.6 Å². The average molecular weight is 292 g/mol. The van der Waals surface area contributed by atoms with Gasteiger partial charge in [0.1, 0.15) is 10.8 Å². The zero-order valence-corrected chi connectivity index (χ0v) is 11.9. The van der Waals surface area contributed by atoms with Gasteiger partial charge in [-0.15, -0.1) is 0 Å². The van der Waals surface area contributed by atoms with Crippen molar-refractivity contribution in [2.75, 3.05) is 5.32 Å². The number of amides is 1. The number of rotatable bonds is 3. The number of carbonyl (C=O) groups excluding carboxylic acids is 1. The first-order valence-electron chi connectivity index (χ1n) is 6.98. The van der Waals surface area contributed by atoms with Crippen LogP contribution in [0.25, 0.3) is 0 Å². The van der Waals surface area contributed by atoms with Gasteiger partial charge in [-0.1, -0.05) is 25.1 Å². The second-order valence-electron chi connectivity index (χ2n) is 5.69. The van der Waals surface area contributed by atoms with Crippen LogP contribution in [0.4, 0.5) is 10.1 Å². The minimum Gasteiger partial charge on any atom is -0.389 e. The molecule has 1 aromatic carbocycles. The van der Waals surface area contributed by atoms with Gasteiger partial charge in [-0.05, 0) is 42.9 Å². The maximum Gasteiger partial charge on any atom is 0.228 e. The van der Waals surface area contributed by atoms with Crippen LogP contribution < -0.4 is 11.1 Å². The number of anilines is 1. The Morgan fingerprint density at radius 2 is 1.95 bits per heavy atom. The van der Waals surface area contributed by atoms with Crippen LogP contribution in [0.2, 0.25) is 0 Å². The Morgan fingerprint density at radius 3 is 2.55 bits per heavy atom. The molecular formula is C15H17FN2OS. The van der Waals surface area contributed by atoms with Crippen molar-refractivity contribution in [2.24, 2.45) is 23.5 Å². The fraction of sp³-hybridized carbons (Fsp3) is 0.467. The summed E-state index contributed by atoms with van der Waals surface area (Å²) in [4.78, 5) is 12.2. The first kappa shape index (κ1) is 13.5. The molecule has 1 aromatic rings. The Hall–Kier alpha value is -1.49. The van der Waals surface area contributed by atoms with Gasteiger partial charge < -0.3 is 11.1 Å². The molecule has 0 heterocycles. The Bertz CT molecular complexity index is 563. The summed E-state index contributed by atoms with van der Waals surface area (Å²) in [6.07, 6.45) is 4.77. The molecule has 0 bridgehead atoms. The van der Waals surface area contributed by atoms with Crippen molar-refractivity contribution in [2.45, 2.75) is 25.7 Å². The number of benzene rings is 1. The minimum atomic E-state index is -0.462. The molecule has 3 rings (SSSR count). The van der Waals surface area contributed by atoms with Gasteiger partial charge in [0.2, 0.25) is 5.91 Å². The molecule has 0 radical (unpaired) electrons. The molecule has 0 saturated heterocycles. The molecule has 20 heavy (non-hydrogen) atoms. The van der Waals surface area contributed by atoms with Crippen LogP contribution in [0.5, 0.6) is 0 Å². The lowest BCUT2D eigenvalue weighted by atomic mass is 10.0. The zero-order chi connectivity index (χ0) is 14.3. The van der Waals surface area contributed by atoms with Gasteiger partial charge in [0.05, 0.1) is 0 Å². The molecule has 1 amide bonds. The third-order valence-electron chi connectivity index (χ3n) is 4.46. The molecule has 3 N–H and O–H groups in total. The Labute approximate surface area is 122 Å². The van der Waals surface area contributed by atoms with E-state index in [-0.39, 0.29) is 22.4 Å². The first-order valence-corrected chi connectivity index (χ1v) is 7.39. The fourth-order valence-corrected chi connectivity index (χ4v) is 3.56. The van der Waals surface area contributed by atoms with Gasteiger partial charge in [0.25, 0.3) is 0 Å². The second kappa shape index (κ2) is 5.13. The summed E-state index contributed by atoms with van der Waals surface area (Å²) in [5.41, 5.74) is 6.19. The number of halogens is 1. The molecule has 2 aliphatic carbocycles. The van der Waals surface area contributed by atoms with Crippen molar-refractivity contribution >= 4 is 28.8 Å². The second-order valence-corrected chi connectivity index (χ2v) is 6.13. The molecule has 2 unspecified atom stereocenters. The maximum absolute atomic E-state index is 13.5. The van der Waals surface area contributed by atoms with Crippen molar-refractivity contribution < 1.29 is 9.18 Å². The van der Waals surface area contributed by atoms with E-state index in [0.29, 0.717) is 17.5 Å². The predicted molar refractivity (Wildman–Crippen MR) is 79.9 cm³/mol. The van der Waals surface area contributed by atoms with Crippen molar-refractivity contribution in [1.29, 1.82) is 0 Å². The highest BCUT2D eigenvalue weighted by molar-refractivity contribution is 7.80. The van der Waals surface area contributed by atoms with E-state index >= 15 is 0 Å². The molecule has 2 saturated carbocycles. The topological polar surface area (TPSA) is 55.1 Å². The lowest BCUT2D eigenvalue weighted by Gasteiger charge is -2.07. The molecule has 5 heteroatoms. The number of nitrogens with two attached hydrogens (primary N) is 1. The molecule has 0 aliphatic heterocycles. The average Bonchev–Trinajstić information content (AvgIpc) is 3.15. The molecule has 2 atom stereocenters. The molecular weight excluding hydrogens is 275 g/mol. The third kappa shape index (κ3) is 2.42. The number of carbonyl (C=O) groups is 1. The number of hydrogen-bond acceptors (Lipinski definition) is 2. The Kier molecular flexibility index (Phi) is 3.46. The van der Waals surface area contributed by atoms with Crippen LogP contribution >= 0.6 is 12.2 Å². The van der Waals surface area contributed by atoms with E-state index < -0.39 is 5.82 Å². The highest BCUT2D eigenvalue weighted by atomic mass is 32.1. The molecule has 3 nitrogen and oxygen atoms in total.